The predicted octanol–water partition coefficient (Wildman–Crippen LogP) is 0.928. The Morgan fingerprint density at radius 3 is 2.64 bits per heavy atom. The van der Waals surface area contributed by atoms with Crippen molar-refractivity contribution < 1.29 is 4.42 Å². The Bertz CT molecular complexity index is 747. The maximum Gasteiger partial charge on any atom is 0.267 e. The highest BCUT2D eigenvalue weighted by atomic mass is 16.3. The summed E-state index contributed by atoms with van der Waals surface area (Å²) in [6.07, 6.45) is 7.68. The molecule has 2 aromatic rings. The number of hydrogen-bond acceptors (Lipinski definition) is 6. The maximum absolute atomic E-state index is 12.2. The van der Waals surface area contributed by atoms with Crippen molar-refractivity contribution in [3.05, 3.63) is 46.0 Å². The SMILES string of the molecule is O=c1cc2c(nn1CCN1CCN(Cc3ncco3)CC1)CCCC2. The van der Waals surface area contributed by atoms with E-state index in [-0.39, 0.29) is 5.56 Å². The van der Waals surface area contributed by atoms with E-state index >= 15 is 0 Å². The predicted molar refractivity (Wildman–Crippen MR) is 93.4 cm³/mol. The first-order valence-electron chi connectivity index (χ1n) is 9.21. The lowest BCUT2D eigenvalue weighted by atomic mass is 9.97. The Hall–Kier alpha value is -1.99. The topological polar surface area (TPSA) is 67.4 Å². The van der Waals surface area contributed by atoms with Gasteiger partial charge in [0.2, 0.25) is 5.89 Å². The highest BCUT2D eigenvalue weighted by Crippen LogP contribution is 2.16. The van der Waals surface area contributed by atoms with E-state index in [1.807, 2.05) is 0 Å². The molecule has 134 valence electrons. The molecule has 1 aliphatic carbocycles. The lowest BCUT2D eigenvalue weighted by Gasteiger charge is -2.34. The smallest absolute Gasteiger partial charge is 0.267 e. The first kappa shape index (κ1) is 16.5. The van der Waals surface area contributed by atoms with Crippen LogP contribution in [0.4, 0.5) is 0 Å². The minimum absolute atomic E-state index is 0.0446. The van der Waals surface area contributed by atoms with E-state index in [9.17, 15) is 4.79 Å². The van der Waals surface area contributed by atoms with E-state index in [0.29, 0.717) is 6.54 Å². The van der Waals surface area contributed by atoms with Crippen molar-refractivity contribution in [2.45, 2.75) is 38.8 Å². The molecule has 2 aliphatic rings. The fourth-order valence-corrected chi connectivity index (χ4v) is 3.69. The lowest BCUT2D eigenvalue weighted by molar-refractivity contribution is 0.115. The van der Waals surface area contributed by atoms with Crippen molar-refractivity contribution in [2.75, 3.05) is 32.7 Å². The molecule has 0 unspecified atom stereocenters. The van der Waals surface area contributed by atoms with Gasteiger partial charge in [-0.25, -0.2) is 9.67 Å². The second kappa shape index (κ2) is 7.49. The number of fused-ring (bicyclic) bond motifs is 1. The number of piperazine rings is 1. The molecule has 1 saturated heterocycles. The van der Waals surface area contributed by atoms with Gasteiger partial charge in [0.25, 0.3) is 5.56 Å². The largest absolute Gasteiger partial charge is 0.448 e. The molecule has 0 bridgehead atoms. The first-order valence-corrected chi connectivity index (χ1v) is 9.21. The fourth-order valence-electron chi connectivity index (χ4n) is 3.69. The summed E-state index contributed by atoms with van der Waals surface area (Å²) in [6, 6.07) is 1.80. The van der Waals surface area contributed by atoms with Crippen LogP contribution in [0.2, 0.25) is 0 Å². The Labute approximate surface area is 147 Å². The molecule has 1 aliphatic heterocycles. The molecule has 0 amide bonds. The fraction of sp³-hybridized carbons (Fsp3) is 0.611. The van der Waals surface area contributed by atoms with Crippen LogP contribution in [0.15, 0.2) is 27.7 Å². The standard InChI is InChI=1S/C18H25N5O2/c24-18-13-15-3-1-2-4-16(15)20-23(18)11-10-21-6-8-22(9-7-21)14-17-19-5-12-25-17/h5,12-13H,1-4,6-11,14H2. The van der Waals surface area contributed by atoms with Crippen LogP contribution in [0.1, 0.15) is 30.0 Å². The molecule has 2 aromatic heterocycles. The zero-order chi connectivity index (χ0) is 17.1. The summed E-state index contributed by atoms with van der Waals surface area (Å²) in [5.74, 6) is 0.776. The summed E-state index contributed by atoms with van der Waals surface area (Å²) in [5, 5.41) is 4.61. The van der Waals surface area contributed by atoms with Gasteiger partial charge in [0.05, 0.1) is 25.0 Å². The second-order valence-corrected chi connectivity index (χ2v) is 6.93. The summed E-state index contributed by atoms with van der Waals surface area (Å²) in [7, 11) is 0. The van der Waals surface area contributed by atoms with Crippen LogP contribution < -0.4 is 5.56 Å². The van der Waals surface area contributed by atoms with Crippen LogP contribution in [0.25, 0.3) is 0 Å². The van der Waals surface area contributed by atoms with Crippen LogP contribution >= 0.6 is 0 Å². The van der Waals surface area contributed by atoms with E-state index in [2.05, 4.69) is 19.9 Å². The average molecular weight is 343 g/mol. The van der Waals surface area contributed by atoms with Crippen LogP contribution in [0.5, 0.6) is 0 Å². The molecule has 0 spiro atoms. The number of aryl methyl sites for hydroxylation is 2. The third-order valence-electron chi connectivity index (χ3n) is 5.21. The molecule has 0 atom stereocenters. The van der Waals surface area contributed by atoms with E-state index in [4.69, 9.17) is 4.42 Å². The van der Waals surface area contributed by atoms with Crippen LogP contribution in [-0.4, -0.2) is 57.3 Å². The number of aromatic nitrogens is 3. The van der Waals surface area contributed by atoms with Crippen molar-refractivity contribution in [2.24, 2.45) is 0 Å². The summed E-state index contributed by atoms with van der Waals surface area (Å²) in [5.41, 5.74) is 2.33. The van der Waals surface area contributed by atoms with Gasteiger partial charge in [0.1, 0.15) is 6.26 Å². The number of rotatable bonds is 5. The molecule has 0 aromatic carbocycles. The van der Waals surface area contributed by atoms with Crippen molar-refractivity contribution in [1.82, 2.24) is 24.6 Å². The number of hydrogen-bond donors (Lipinski definition) is 0. The molecule has 4 rings (SSSR count). The van der Waals surface area contributed by atoms with Gasteiger partial charge in [-0.15, -0.1) is 0 Å². The van der Waals surface area contributed by atoms with E-state index in [0.717, 1.165) is 69.3 Å². The minimum Gasteiger partial charge on any atom is -0.448 e. The summed E-state index contributed by atoms with van der Waals surface area (Å²) in [6.45, 7) is 6.31. The summed E-state index contributed by atoms with van der Waals surface area (Å²) >= 11 is 0. The number of oxazole rings is 1. The Morgan fingerprint density at radius 1 is 1.04 bits per heavy atom. The van der Waals surface area contributed by atoms with Gasteiger partial charge in [-0.3, -0.25) is 14.6 Å². The van der Waals surface area contributed by atoms with Crippen molar-refractivity contribution >= 4 is 0 Å². The van der Waals surface area contributed by atoms with E-state index in [1.54, 1.807) is 23.2 Å². The van der Waals surface area contributed by atoms with Gasteiger partial charge >= 0.3 is 0 Å². The highest BCUT2D eigenvalue weighted by molar-refractivity contribution is 5.20. The molecule has 0 N–H and O–H groups in total. The Morgan fingerprint density at radius 2 is 1.84 bits per heavy atom. The molecule has 25 heavy (non-hydrogen) atoms. The normalized spacial score (nSPS) is 19.0. The molecule has 0 saturated carbocycles. The van der Waals surface area contributed by atoms with E-state index < -0.39 is 0 Å². The van der Waals surface area contributed by atoms with Gasteiger partial charge in [-0.1, -0.05) is 0 Å². The van der Waals surface area contributed by atoms with Crippen molar-refractivity contribution in [1.29, 1.82) is 0 Å². The molecule has 7 heteroatoms. The lowest BCUT2D eigenvalue weighted by Crippen LogP contribution is -2.47. The minimum atomic E-state index is 0.0446. The zero-order valence-electron chi connectivity index (χ0n) is 14.6. The average Bonchev–Trinajstić information content (AvgIpc) is 3.14. The van der Waals surface area contributed by atoms with Crippen molar-refractivity contribution in [3.8, 4) is 0 Å². The van der Waals surface area contributed by atoms with Gasteiger partial charge in [0.15, 0.2) is 0 Å². The van der Waals surface area contributed by atoms with Crippen LogP contribution in [0, 0.1) is 0 Å². The monoisotopic (exact) mass is 343 g/mol. The molecule has 0 radical (unpaired) electrons. The Balaban J connectivity index is 1.29. The van der Waals surface area contributed by atoms with Crippen LogP contribution in [0.3, 0.4) is 0 Å². The second-order valence-electron chi connectivity index (χ2n) is 6.93. The first-order chi connectivity index (χ1) is 12.3. The molecular formula is C18H25N5O2. The zero-order valence-corrected chi connectivity index (χ0v) is 14.6. The van der Waals surface area contributed by atoms with Crippen LogP contribution in [-0.2, 0) is 25.9 Å². The van der Waals surface area contributed by atoms with Gasteiger partial charge in [-0.05, 0) is 31.2 Å². The third kappa shape index (κ3) is 3.99. The van der Waals surface area contributed by atoms with Gasteiger partial charge in [-0.2, -0.15) is 5.10 Å². The highest BCUT2D eigenvalue weighted by Gasteiger charge is 2.19. The third-order valence-corrected chi connectivity index (χ3v) is 5.21. The maximum atomic E-state index is 12.2. The summed E-state index contributed by atoms with van der Waals surface area (Å²) < 4.78 is 6.97. The van der Waals surface area contributed by atoms with Gasteiger partial charge < -0.3 is 4.42 Å². The molecule has 7 nitrogen and oxygen atoms in total. The van der Waals surface area contributed by atoms with Crippen molar-refractivity contribution in [3.63, 3.8) is 0 Å². The number of nitrogens with zero attached hydrogens (tertiary/aromatic N) is 5. The molecule has 1 fully saturated rings. The molecule has 3 heterocycles. The quantitative estimate of drug-likeness (QED) is 0.804. The summed E-state index contributed by atoms with van der Waals surface area (Å²) in [4.78, 5) is 21.2. The Kier molecular flexibility index (Phi) is 4.94. The van der Waals surface area contributed by atoms with E-state index in [1.165, 1.54) is 12.8 Å². The molecular weight excluding hydrogens is 318 g/mol. The van der Waals surface area contributed by atoms with Gasteiger partial charge in [0, 0.05) is 38.8 Å².